The molecule has 2 heterocycles. The van der Waals surface area contributed by atoms with Gasteiger partial charge in [0.2, 0.25) is 0 Å². The van der Waals surface area contributed by atoms with Crippen LogP contribution in [0.25, 0.3) is 11.1 Å². The maximum atomic E-state index is 4.42. The van der Waals surface area contributed by atoms with Gasteiger partial charge in [-0.2, -0.15) is 5.10 Å². The van der Waals surface area contributed by atoms with Gasteiger partial charge in [-0.3, -0.25) is 4.68 Å². The van der Waals surface area contributed by atoms with Crippen LogP contribution in [-0.2, 0) is 6.54 Å². The van der Waals surface area contributed by atoms with Crippen LogP contribution in [0.5, 0.6) is 0 Å². The second kappa shape index (κ2) is 4.72. The van der Waals surface area contributed by atoms with Crippen molar-refractivity contribution in [3.05, 3.63) is 42.7 Å². The van der Waals surface area contributed by atoms with Gasteiger partial charge >= 0.3 is 0 Å². The summed E-state index contributed by atoms with van der Waals surface area (Å²) in [6.07, 6.45) is 5.32. The molecule has 0 saturated carbocycles. The highest BCUT2D eigenvalue weighted by atomic mass is 15.3. The third-order valence-electron chi connectivity index (χ3n) is 3.37. The predicted molar refractivity (Wildman–Crippen MR) is 68.6 cm³/mol. The molecule has 88 valence electrons. The first-order valence-corrected chi connectivity index (χ1v) is 6.20. The number of aromatic nitrogens is 2. The highest BCUT2D eigenvalue weighted by Crippen LogP contribution is 2.18. The Kier molecular flexibility index (Phi) is 2.92. The molecule has 3 heteroatoms. The number of benzene rings is 1. The number of rotatable bonds is 4. The molecular weight excluding hydrogens is 210 g/mol. The van der Waals surface area contributed by atoms with Gasteiger partial charge in [0.25, 0.3) is 0 Å². The summed E-state index contributed by atoms with van der Waals surface area (Å²) >= 11 is 0. The second-order valence-corrected chi connectivity index (χ2v) is 4.67. The minimum Gasteiger partial charge on any atom is -0.316 e. The lowest BCUT2D eigenvalue weighted by Gasteiger charge is -2.26. The predicted octanol–water partition coefficient (Wildman–Crippen LogP) is 2.16. The summed E-state index contributed by atoms with van der Waals surface area (Å²) < 4.78 is 2.06. The minimum absolute atomic E-state index is 0.847. The molecule has 1 aromatic heterocycles. The molecule has 3 nitrogen and oxygen atoms in total. The Morgan fingerprint density at radius 1 is 1.18 bits per heavy atom. The highest BCUT2D eigenvalue weighted by Gasteiger charge is 2.16. The molecule has 0 radical (unpaired) electrons. The number of hydrogen-bond donors (Lipinski definition) is 1. The molecule has 1 aliphatic heterocycles. The van der Waals surface area contributed by atoms with Crippen LogP contribution in [0.3, 0.4) is 0 Å². The van der Waals surface area contributed by atoms with Crippen LogP contribution >= 0.6 is 0 Å². The molecular formula is C14H17N3. The number of nitrogens with one attached hydrogen (secondary N) is 1. The lowest BCUT2D eigenvalue weighted by Crippen LogP contribution is -2.42. The summed E-state index contributed by atoms with van der Waals surface area (Å²) in [5, 5.41) is 7.72. The molecule has 1 aromatic carbocycles. The van der Waals surface area contributed by atoms with Crippen molar-refractivity contribution < 1.29 is 0 Å². The molecule has 0 amide bonds. The van der Waals surface area contributed by atoms with Crippen LogP contribution in [0.2, 0.25) is 0 Å². The average molecular weight is 227 g/mol. The van der Waals surface area contributed by atoms with Crippen molar-refractivity contribution in [2.75, 3.05) is 13.1 Å². The molecule has 1 N–H and O–H groups in total. The summed E-state index contributed by atoms with van der Waals surface area (Å²) in [6.45, 7) is 3.37. The van der Waals surface area contributed by atoms with Crippen molar-refractivity contribution in [2.45, 2.75) is 13.0 Å². The quantitative estimate of drug-likeness (QED) is 0.867. The van der Waals surface area contributed by atoms with E-state index in [0.717, 1.165) is 12.5 Å². The van der Waals surface area contributed by atoms with Gasteiger partial charge in [0.05, 0.1) is 6.20 Å². The molecule has 0 aliphatic carbocycles. The standard InChI is InChI=1S/C14H17N3/c1-2-4-13(5-3-1)14-10-16-17(11-14)7-6-12-8-15-9-12/h1-5,10-12,15H,6-9H2. The Morgan fingerprint density at radius 3 is 2.71 bits per heavy atom. The Hall–Kier alpha value is -1.61. The van der Waals surface area contributed by atoms with Gasteiger partial charge < -0.3 is 5.32 Å². The van der Waals surface area contributed by atoms with Crippen LogP contribution in [-0.4, -0.2) is 22.9 Å². The Bertz CT molecular complexity index is 471. The third kappa shape index (κ3) is 2.39. The normalized spacial score (nSPS) is 15.8. The average Bonchev–Trinajstić information content (AvgIpc) is 2.77. The molecule has 3 rings (SSSR count). The molecule has 1 fully saturated rings. The van der Waals surface area contributed by atoms with Gasteiger partial charge in [0.1, 0.15) is 0 Å². The van der Waals surface area contributed by atoms with E-state index in [1.54, 1.807) is 0 Å². The van der Waals surface area contributed by atoms with E-state index in [9.17, 15) is 0 Å². The number of aryl methyl sites for hydroxylation is 1. The van der Waals surface area contributed by atoms with Gasteiger partial charge in [-0.05, 0) is 31.0 Å². The Labute approximate surface area is 101 Å². The largest absolute Gasteiger partial charge is 0.316 e. The fourth-order valence-corrected chi connectivity index (χ4v) is 2.13. The monoisotopic (exact) mass is 227 g/mol. The SMILES string of the molecule is c1ccc(-c2cnn(CCC3CNC3)c2)cc1. The van der Waals surface area contributed by atoms with Gasteiger partial charge in [-0.15, -0.1) is 0 Å². The maximum Gasteiger partial charge on any atom is 0.0568 e. The molecule has 0 unspecified atom stereocenters. The van der Waals surface area contributed by atoms with E-state index in [1.807, 2.05) is 12.3 Å². The lowest BCUT2D eigenvalue weighted by molar-refractivity contribution is 0.307. The number of nitrogens with zero attached hydrogens (tertiary/aromatic N) is 2. The number of hydrogen-bond acceptors (Lipinski definition) is 2. The van der Waals surface area contributed by atoms with E-state index in [1.165, 1.54) is 30.6 Å². The van der Waals surface area contributed by atoms with E-state index >= 15 is 0 Å². The van der Waals surface area contributed by atoms with Crippen LogP contribution in [0, 0.1) is 5.92 Å². The first-order chi connectivity index (χ1) is 8.42. The zero-order chi connectivity index (χ0) is 11.5. The third-order valence-corrected chi connectivity index (χ3v) is 3.37. The maximum absolute atomic E-state index is 4.42. The summed E-state index contributed by atoms with van der Waals surface area (Å²) in [4.78, 5) is 0. The van der Waals surface area contributed by atoms with Crippen molar-refractivity contribution in [3.63, 3.8) is 0 Å². The summed E-state index contributed by atoms with van der Waals surface area (Å²) in [6, 6.07) is 10.4. The highest BCUT2D eigenvalue weighted by molar-refractivity contribution is 5.61. The summed E-state index contributed by atoms with van der Waals surface area (Å²) in [5.74, 6) is 0.847. The Balaban J connectivity index is 1.65. The lowest BCUT2D eigenvalue weighted by atomic mass is 10.00. The zero-order valence-electron chi connectivity index (χ0n) is 9.84. The molecule has 17 heavy (non-hydrogen) atoms. The van der Waals surface area contributed by atoms with Crippen LogP contribution in [0.1, 0.15) is 6.42 Å². The molecule has 0 spiro atoms. The van der Waals surface area contributed by atoms with E-state index in [2.05, 4.69) is 45.6 Å². The van der Waals surface area contributed by atoms with Crippen molar-refractivity contribution in [2.24, 2.45) is 5.92 Å². The Morgan fingerprint density at radius 2 is 2.00 bits per heavy atom. The van der Waals surface area contributed by atoms with Crippen LogP contribution < -0.4 is 5.32 Å². The molecule has 0 bridgehead atoms. The van der Waals surface area contributed by atoms with Gasteiger partial charge in [0, 0.05) is 18.3 Å². The van der Waals surface area contributed by atoms with Crippen molar-refractivity contribution in [1.82, 2.24) is 15.1 Å². The van der Waals surface area contributed by atoms with Gasteiger partial charge in [0.15, 0.2) is 0 Å². The molecule has 2 aromatic rings. The van der Waals surface area contributed by atoms with E-state index in [-0.39, 0.29) is 0 Å². The molecule has 1 aliphatic rings. The smallest absolute Gasteiger partial charge is 0.0568 e. The second-order valence-electron chi connectivity index (χ2n) is 4.67. The van der Waals surface area contributed by atoms with Crippen molar-refractivity contribution in [3.8, 4) is 11.1 Å². The fraction of sp³-hybridized carbons (Fsp3) is 0.357. The molecule has 1 saturated heterocycles. The van der Waals surface area contributed by atoms with Crippen LogP contribution in [0.15, 0.2) is 42.7 Å². The van der Waals surface area contributed by atoms with Gasteiger partial charge in [-0.1, -0.05) is 30.3 Å². The van der Waals surface area contributed by atoms with Crippen molar-refractivity contribution in [1.29, 1.82) is 0 Å². The summed E-state index contributed by atoms with van der Waals surface area (Å²) in [5.41, 5.74) is 2.45. The van der Waals surface area contributed by atoms with E-state index < -0.39 is 0 Å². The van der Waals surface area contributed by atoms with E-state index in [4.69, 9.17) is 0 Å². The van der Waals surface area contributed by atoms with Gasteiger partial charge in [-0.25, -0.2) is 0 Å². The van der Waals surface area contributed by atoms with Crippen LogP contribution in [0.4, 0.5) is 0 Å². The van der Waals surface area contributed by atoms with E-state index in [0.29, 0.717) is 0 Å². The van der Waals surface area contributed by atoms with Crippen molar-refractivity contribution >= 4 is 0 Å². The molecule has 0 atom stereocenters. The first-order valence-electron chi connectivity index (χ1n) is 6.20. The minimum atomic E-state index is 0.847. The zero-order valence-corrected chi connectivity index (χ0v) is 9.84. The first kappa shape index (κ1) is 10.5. The summed E-state index contributed by atoms with van der Waals surface area (Å²) in [7, 11) is 0. The fourth-order valence-electron chi connectivity index (χ4n) is 2.13. The topological polar surface area (TPSA) is 29.9 Å².